The predicted molar refractivity (Wildman–Crippen MR) is 52.7 cm³/mol. The van der Waals surface area contributed by atoms with Crippen LogP contribution in [0.1, 0.15) is 0 Å². The van der Waals surface area contributed by atoms with E-state index in [4.69, 9.17) is 0 Å². The highest BCUT2D eigenvalue weighted by Gasteiger charge is 1.93. The van der Waals surface area contributed by atoms with Gasteiger partial charge >= 0.3 is 0 Å². The van der Waals surface area contributed by atoms with Gasteiger partial charge in [0.05, 0.1) is 0 Å². The molecule has 0 bridgehead atoms. The van der Waals surface area contributed by atoms with Crippen LogP contribution in [0.25, 0.3) is 5.82 Å². The molecule has 4 nitrogen and oxygen atoms in total. The largest absolute Gasteiger partial charge is 0.348 e. The average Bonchev–Trinajstić information content (AvgIpc) is 2.19. The maximum Gasteiger partial charge on any atom is 0.183 e. The third-order valence-electron chi connectivity index (χ3n) is 1.83. The molecule has 0 saturated heterocycles. The van der Waals surface area contributed by atoms with Gasteiger partial charge in [0, 0.05) is 42.9 Å². The molecule has 0 aliphatic heterocycles. The normalized spacial score (nSPS) is 10.0. The topological polar surface area (TPSA) is 54.9 Å². The first-order valence-corrected chi connectivity index (χ1v) is 4.13. The molecule has 2 aromatic rings. The minimum absolute atomic E-state index is 0.0560. The first-order valence-electron chi connectivity index (χ1n) is 4.13. The van der Waals surface area contributed by atoms with Crippen LogP contribution in [0.2, 0.25) is 0 Å². The molecule has 2 rings (SSSR count). The zero-order valence-electron chi connectivity index (χ0n) is 7.31. The number of aromatic amines is 1. The SMILES string of the molecule is O=c1ccn(-c2cc(=O)cc[nH]2)cc1. The van der Waals surface area contributed by atoms with Gasteiger partial charge in [-0.15, -0.1) is 0 Å². The maximum absolute atomic E-state index is 11.0. The van der Waals surface area contributed by atoms with Crippen molar-refractivity contribution in [2.45, 2.75) is 0 Å². The van der Waals surface area contributed by atoms with Gasteiger partial charge in [-0.3, -0.25) is 9.59 Å². The van der Waals surface area contributed by atoms with E-state index in [1.165, 1.54) is 24.3 Å². The Morgan fingerprint density at radius 2 is 1.71 bits per heavy atom. The Bertz CT molecular complexity index is 534. The lowest BCUT2D eigenvalue weighted by Crippen LogP contribution is -2.06. The van der Waals surface area contributed by atoms with Crippen molar-refractivity contribution in [3.63, 3.8) is 0 Å². The van der Waals surface area contributed by atoms with E-state index in [0.29, 0.717) is 5.82 Å². The van der Waals surface area contributed by atoms with E-state index < -0.39 is 0 Å². The summed E-state index contributed by atoms with van der Waals surface area (Å²) in [7, 11) is 0. The summed E-state index contributed by atoms with van der Waals surface area (Å²) in [5.41, 5.74) is -0.128. The summed E-state index contributed by atoms with van der Waals surface area (Å²) in [4.78, 5) is 24.8. The third-order valence-corrected chi connectivity index (χ3v) is 1.83. The molecule has 4 heteroatoms. The fraction of sp³-hybridized carbons (Fsp3) is 0. The average molecular weight is 188 g/mol. The van der Waals surface area contributed by atoms with Crippen molar-refractivity contribution >= 4 is 0 Å². The van der Waals surface area contributed by atoms with E-state index in [0.717, 1.165) is 0 Å². The second-order valence-corrected chi connectivity index (χ2v) is 2.85. The van der Waals surface area contributed by atoms with Crippen molar-refractivity contribution < 1.29 is 0 Å². The van der Waals surface area contributed by atoms with Crippen molar-refractivity contribution in [1.82, 2.24) is 9.55 Å². The zero-order valence-corrected chi connectivity index (χ0v) is 7.31. The number of hydrogen-bond acceptors (Lipinski definition) is 2. The van der Waals surface area contributed by atoms with Gasteiger partial charge in [-0.1, -0.05) is 0 Å². The van der Waals surface area contributed by atoms with Gasteiger partial charge in [-0.2, -0.15) is 0 Å². The molecule has 0 fully saturated rings. The van der Waals surface area contributed by atoms with Crippen LogP contribution in [-0.2, 0) is 0 Å². The van der Waals surface area contributed by atoms with Crippen LogP contribution in [0, 0.1) is 0 Å². The van der Waals surface area contributed by atoms with Crippen LogP contribution in [-0.4, -0.2) is 9.55 Å². The third kappa shape index (κ3) is 1.64. The molecule has 1 N–H and O–H groups in total. The Kier molecular flexibility index (Phi) is 2.02. The van der Waals surface area contributed by atoms with E-state index in [9.17, 15) is 9.59 Å². The summed E-state index contributed by atoms with van der Waals surface area (Å²) >= 11 is 0. The van der Waals surface area contributed by atoms with E-state index in [1.807, 2.05) is 0 Å². The first kappa shape index (κ1) is 8.50. The number of nitrogens with one attached hydrogen (secondary N) is 1. The molecular weight excluding hydrogens is 180 g/mol. The van der Waals surface area contributed by atoms with Gasteiger partial charge in [0.2, 0.25) is 0 Å². The summed E-state index contributed by atoms with van der Waals surface area (Å²) in [6, 6.07) is 5.77. The Labute approximate surface area is 79.5 Å². The molecule has 0 aliphatic rings. The fourth-order valence-electron chi connectivity index (χ4n) is 1.16. The monoisotopic (exact) mass is 188 g/mol. The highest BCUT2D eigenvalue weighted by Crippen LogP contribution is 1.96. The minimum Gasteiger partial charge on any atom is -0.348 e. The molecular formula is C10H8N2O2. The summed E-state index contributed by atoms with van der Waals surface area (Å²) in [6.45, 7) is 0. The Hall–Kier alpha value is -2.10. The quantitative estimate of drug-likeness (QED) is 0.709. The molecule has 0 radical (unpaired) electrons. The summed E-state index contributed by atoms with van der Waals surface area (Å²) in [6.07, 6.45) is 4.77. The summed E-state index contributed by atoms with van der Waals surface area (Å²) < 4.78 is 1.67. The lowest BCUT2D eigenvalue weighted by Gasteiger charge is -2.03. The molecule has 0 aromatic carbocycles. The Morgan fingerprint density at radius 1 is 1.00 bits per heavy atom. The molecule has 2 heterocycles. The van der Waals surface area contributed by atoms with Gasteiger partial charge in [0.15, 0.2) is 10.9 Å². The van der Waals surface area contributed by atoms with Crippen LogP contribution < -0.4 is 10.9 Å². The first-order chi connectivity index (χ1) is 6.75. The van der Waals surface area contributed by atoms with Crippen molar-refractivity contribution in [3.05, 3.63) is 63.3 Å². The molecule has 14 heavy (non-hydrogen) atoms. The van der Waals surface area contributed by atoms with E-state index >= 15 is 0 Å². The fourth-order valence-corrected chi connectivity index (χ4v) is 1.16. The van der Waals surface area contributed by atoms with Crippen molar-refractivity contribution in [3.8, 4) is 5.82 Å². The number of H-pyrrole nitrogens is 1. The van der Waals surface area contributed by atoms with E-state index in [-0.39, 0.29) is 10.9 Å². The standard InChI is InChI=1S/C10H8N2O2/c13-8-2-5-12(6-3-8)10-7-9(14)1-4-11-10/h1-7H,(H,11,14). The number of nitrogens with zero attached hydrogens (tertiary/aromatic N) is 1. The molecule has 2 aromatic heterocycles. The van der Waals surface area contributed by atoms with Gasteiger partial charge in [-0.05, 0) is 0 Å². The van der Waals surface area contributed by atoms with E-state index in [1.54, 1.807) is 23.2 Å². The Balaban J connectivity index is 2.55. The number of hydrogen-bond donors (Lipinski definition) is 1. The van der Waals surface area contributed by atoms with E-state index in [2.05, 4.69) is 4.98 Å². The molecule has 0 amide bonds. The van der Waals surface area contributed by atoms with Crippen LogP contribution >= 0.6 is 0 Å². The van der Waals surface area contributed by atoms with Crippen LogP contribution in [0.3, 0.4) is 0 Å². The smallest absolute Gasteiger partial charge is 0.183 e. The maximum atomic E-state index is 11.0. The molecule has 0 atom stereocenters. The zero-order chi connectivity index (χ0) is 9.97. The highest BCUT2D eigenvalue weighted by molar-refractivity contribution is 5.22. The molecule has 0 unspecified atom stereocenters. The van der Waals surface area contributed by atoms with Gasteiger partial charge < -0.3 is 9.55 Å². The van der Waals surface area contributed by atoms with Crippen LogP contribution in [0.5, 0.6) is 0 Å². The number of aromatic nitrogens is 2. The van der Waals surface area contributed by atoms with Gasteiger partial charge in [-0.25, -0.2) is 0 Å². The van der Waals surface area contributed by atoms with Crippen molar-refractivity contribution in [2.24, 2.45) is 0 Å². The van der Waals surface area contributed by atoms with Crippen molar-refractivity contribution in [1.29, 1.82) is 0 Å². The lowest BCUT2D eigenvalue weighted by molar-refractivity contribution is 0.976. The number of rotatable bonds is 1. The van der Waals surface area contributed by atoms with Gasteiger partial charge in [0.25, 0.3) is 0 Å². The Morgan fingerprint density at radius 3 is 2.36 bits per heavy atom. The lowest BCUT2D eigenvalue weighted by atomic mass is 10.4. The second kappa shape index (κ2) is 3.33. The predicted octanol–water partition coefficient (Wildman–Crippen LogP) is 0.526. The molecule has 0 spiro atoms. The molecule has 70 valence electrons. The van der Waals surface area contributed by atoms with Crippen LogP contribution in [0.15, 0.2) is 52.4 Å². The summed E-state index contributed by atoms with van der Waals surface area (Å²) in [5.74, 6) is 0.637. The highest BCUT2D eigenvalue weighted by atomic mass is 16.1. The minimum atomic E-state index is -0.0718. The summed E-state index contributed by atoms with van der Waals surface area (Å²) in [5, 5.41) is 0. The number of pyridine rings is 2. The molecule has 0 saturated carbocycles. The molecule has 0 aliphatic carbocycles. The second-order valence-electron chi connectivity index (χ2n) is 2.85. The van der Waals surface area contributed by atoms with Crippen molar-refractivity contribution in [2.75, 3.05) is 0 Å². The van der Waals surface area contributed by atoms with Crippen LogP contribution in [0.4, 0.5) is 0 Å². The van der Waals surface area contributed by atoms with Gasteiger partial charge in [0.1, 0.15) is 5.82 Å².